The highest BCUT2D eigenvalue weighted by Gasteiger charge is 2.10. The zero-order chi connectivity index (χ0) is 10.7. The van der Waals surface area contributed by atoms with Gasteiger partial charge < -0.3 is 5.43 Å². The van der Waals surface area contributed by atoms with E-state index < -0.39 is 0 Å². The Kier molecular flexibility index (Phi) is 4.13. The van der Waals surface area contributed by atoms with Crippen LogP contribution in [0, 0.1) is 0 Å². The van der Waals surface area contributed by atoms with E-state index in [0.29, 0.717) is 20.6 Å². The second kappa shape index (κ2) is 4.94. The molecule has 0 amide bonds. The molecule has 76 valence electrons. The second-order valence-corrected chi connectivity index (χ2v) is 4.15. The number of hydrogen-bond acceptors (Lipinski definition) is 2. The third-order valence-electron chi connectivity index (χ3n) is 1.51. The van der Waals surface area contributed by atoms with E-state index in [2.05, 4.69) is 5.43 Å². The molecule has 0 aliphatic heterocycles. The van der Waals surface area contributed by atoms with Gasteiger partial charge in [0.25, 0.3) is 0 Å². The van der Waals surface area contributed by atoms with E-state index >= 15 is 0 Å². The van der Waals surface area contributed by atoms with Crippen LogP contribution in [0.2, 0.25) is 10.0 Å². The molecule has 2 nitrogen and oxygen atoms in total. The molecule has 0 atom stereocenters. The number of rotatable bonds is 2. The molecule has 0 spiro atoms. The largest absolute Gasteiger partial charge is 0.309 e. The summed E-state index contributed by atoms with van der Waals surface area (Å²) < 4.78 is 0. The SMILES string of the molecule is CN(C)NC(=S)c1c(Cl)cccc1Cl. The van der Waals surface area contributed by atoms with Crippen LogP contribution in [-0.4, -0.2) is 24.1 Å². The monoisotopic (exact) mass is 248 g/mol. The van der Waals surface area contributed by atoms with Crippen molar-refractivity contribution >= 4 is 40.4 Å². The lowest BCUT2D eigenvalue weighted by atomic mass is 10.2. The van der Waals surface area contributed by atoms with Gasteiger partial charge in [0, 0.05) is 19.7 Å². The van der Waals surface area contributed by atoms with E-state index in [9.17, 15) is 0 Å². The van der Waals surface area contributed by atoms with Crippen molar-refractivity contribution in [2.45, 2.75) is 0 Å². The summed E-state index contributed by atoms with van der Waals surface area (Å²) in [6, 6.07) is 5.30. The van der Waals surface area contributed by atoms with Gasteiger partial charge in [-0.25, -0.2) is 5.01 Å². The first-order valence-electron chi connectivity index (χ1n) is 3.94. The Morgan fingerprint density at radius 2 is 1.79 bits per heavy atom. The van der Waals surface area contributed by atoms with Crippen molar-refractivity contribution < 1.29 is 0 Å². The highest BCUT2D eigenvalue weighted by Crippen LogP contribution is 2.24. The predicted molar refractivity (Wildman–Crippen MR) is 65.0 cm³/mol. The van der Waals surface area contributed by atoms with Crippen LogP contribution in [-0.2, 0) is 0 Å². The highest BCUT2D eigenvalue weighted by atomic mass is 35.5. The Morgan fingerprint density at radius 1 is 1.29 bits per heavy atom. The van der Waals surface area contributed by atoms with E-state index in [-0.39, 0.29) is 0 Å². The lowest BCUT2D eigenvalue weighted by Gasteiger charge is -2.15. The molecule has 0 radical (unpaired) electrons. The van der Waals surface area contributed by atoms with Gasteiger partial charge in [0.2, 0.25) is 0 Å². The average molecular weight is 249 g/mol. The first-order chi connectivity index (χ1) is 6.52. The molecule has 0 heterocycles. The van der Waals surface area contributed by atoms with Gasteiger partial charge in [0.05, 0.1) is 10.0 Å². The van der Waals surface area contributed by atoms with E-state index in [1.165, 1.54) is 0 Å². The molecule has 0 saturated carbocycles. The Morgan fingerprint density at radius 3 is 2.21 bits per heavy atom. The molecule has 0 aliphatic carbocycles. The topological polar surface area (TPSA) is 15.3 Å². The minimum absolute atomic E-state index is 0.519. The van der Waals surface area contributed by atoms with Gasteiger partial charge in [-0.3, -0.25) is 0 Å². The Balaban J connectivity index is 3.00. The summed E-state index contributed by atoms with van der Waals surface area (Å²) in [6.45, 7) is 0. The molecule has 0 fully saturated rings. The normalized spacial score (nSPS) is 10.4. The van der Waals surface area contributed by atoms with Gasteiger partial charge in [-0.2, -0.15) is 0 Å². The summed E-state index contributed by atoms with van der Waals surface area (Å²) in [5, 5.41) is 2.84. The maximum absolute atomic E-state index is 5.98. The third-order valence-corrected chi connectivity index (χ3v) is 2.44. The zero-order valence-corrected chi connectivity index (χ0v) is 10.2. The summed E-state index contributed by atoms with van der Waals surface area (Å²) in [5.74, 6) is 0. The van der Waals surface area contributed by atoms with Crippen LogP contribution in [0.4, 0.5) is 0 Å². The summed E-state index contributed by atoms with van der Waals surface area (Å²) in [5.41, 5.74) is 3.60. The van der Waals surface area contributed by atoms with Gasteiger partial charge in [-0.1, -0.05) is 41.5 Å². The Labute approximate surface area is 98.8 Å². The minimum atomic E-state index is 0.519. The molecule has 0 bridgehead atoms. The molecule has 0 aliphatic rings. The van der Waals surface area contributed by atoms with Crippen molar-refractivity contribution in [3.8, 4) is 0 Å². The summed E-state index contributed by atoms with van der Waals surface area (Å²) >= 11 is 17.1. The number of hydrogen-bond donors (Lipinski definition) is 1. The highest BCUT2D eigenvalue weighted by molar-refractivity contribution is 7.80. The quantitative estimate of drug-likeness (QED) is 0.641. The van der Waals surface area contributed by atoms with Crippen molar-refractivity contribution in [3.05, 3.63) is 33.8 Å². The van der Waals surface area contributed by atoms with E-state index in [0.717, 1.165) is 0 Å². The molecule has 1 rings (SSSR count). The lowest BCUT2D eigenvalue weighted by molar-refractivity contribution is 0.366. The fourth-order valence-electron chi connectivity index (χ4n) is 0.974. The van der Waals surface area contributed by atoms with E-state index in [1.54, 1.807) is 23.2 Å². The van der Waals surface area contributed by atoms with E-state index in [4.69, 9.17) is 35.4 Å². The van der Waals surface area contributed by atoms with Crippen molar-refractivity contribution in [2.24, 2.45) is 0 Å². The molecule has 1 N–H and O–H groups in total. The molecule has 1 aromatic rings. The van der Waals surface area contributed by atoms with Crippen LogP contribution in [0.1, 0.15) is 5.56 Å². The van der Waals surface area contributed by atoms with Crippen molar-refractivity contribution in [1.82, 2.24) is 10.4 Å². The molecule has 1 aromatic carbocycles. The molecule has 14 heavy (non-hydrogen) atoms. The zero-order valence-electron chi connectivity index (χ0n) is 7.84. The average Bonchev–Trinajstić information content (AvgIpc) is 2.01. The number of nitrogens with one attached hydrogen (secondary N) is 1. The number of nitrogens with zero attached hydrogens (tertiary/aromatic N) is 1. The molecule has 0 aromatic heterocycles. The van der Waals surface area contributed by atoms with Crippen molar-refractivity contribution in [2.75, 3.05) is 14.1 Å². The Hall–Kier alpha value is -0.350. The maximum atomic E-state index is 5.98. The molecule has 5 heteroatoms. The van der Waals surface area contributed by atoms with Gasteiger partial charge >= 0.3 is 0 Å². The van der Waals surface area contributed by atoms with Crippen LogP contribution in [0.3, 0.4) is 0 Å². The van der Waals surface area contributed by atoms with Gasteiger partial charge in [-0.05, 0) is 12.1 Å². The van der Waals surface area contributed by atoms with Crippen molar-refractivity contribution in [3.63, 3.8) is 0 Å². The standard InChI is InChI=1S/C9H10Cl2N2S/c1-13(2)12-9(14)8-6(10)4-3-5-7(8)11/h3-5H,1-2H3,(H,12,14). The third kappa shape index (κ3) is 2.82. The lowest BCUT2D eigenvalue weighted by Crippen LogP contribution is -2.35. The Bertz CT molecular complexity index is 332. The molecule has 0 unspecified atom stereocenters. The first kappa shape index (κ1) is 11.7. The number of halogens is 2. The van der Waals surface area contributed by atoms with E-state index in [1.807, 2.05) is 14.1 Å². The smallest absolute Gasteiger partial charge is 0.123 e. The second-order valence-electron chi connectivity index (χ2n) is 2.93. The van der Waals surface area contributed by atoms with Crippen LogP contribution in [0.25, 0.3) is 0 Å². The molecular weight excluding hydrogens is 239 g/mol. The van der Waals surface area contributed by atoms with Crippen LogP contribution < -0.4 is 5.43 Å². The van der Waals surface area contributed by atoms with Gasteiger partial charge in [0.15, 0.2) is 0 Å². The summed E-state index contributed by atoms with van der Waals surface area (Å²) in [4.78, 5) is 0.519. The maximum Gasteiger partial charge on any atom is 0.123 e. The fraction of sp³-hybridized carbons (Fsp3) is 0.222. The number of thiocarbonyl (C=S) groups is 1. The van der Waals surface area contributed by atoms with Crippen LogP contribution in [0.5, 0.6) is 0 Å². The number of benzene rings is 1. The van der Waals surface area contributed by atoms with Crippen molar-refractivity contribution in [1.29, 1.82) is 0 Å². The summed E-state index contributed by atoms with van der Waals surface area (Å²) in [7, 11) is 3.69. The number of hydrazine groups is 1. The fourth-order valence-corrected chi connectivity index (χ4v) is 2.07. The van der Waals surface area contributed by atoms with Crippen LogP contribution >= 0.6 is 35.4 Å². The van der Waals surface area contributed by atoms with Crippen LogP contribution in [0.15, 0.2) is 18.2 Å². The minimum Gasteiger partial charge on any atom is -0.309 e. The first-order valence-corrected chi connectivity index (χ1v) is 5.11. The van der Waals surface area contributed by atoms with Gasteiger partial charge in [0.1, 0.15) is 4.99 Å². The predicted octanol–water partition coefficient (Wildman–Crippen LogP) is 2.74. The van der Waals surface area contributed by atoms with Gasteiger partial charge in [-0.15, -0.1) is 0 Å². The summed E-state index contributed by atoms with van der Waals surface area (Å²) in [6.07, 6.45) is 0. The molecular formula is C9H10Cl2N2S. The molecule has 0 saturated heterocycles.